The summed E-state index contributed by atoms with van der Waals surface area (Å²) in [4.78, 5) is 11.4. The summed E-state index contributed by atoms with van der Waals surface area (Å²) in [5.74, 6) is -1.05. The highest BCUT2D eigenvalue weighted by molar-refractivity contribution is 5.93. The van der Waals surface area contributed by atoms with Crippen LogP contribution in [0.25, 0.3) is 0 Å². The van der Waals surface area contributed by atoms with Crippen LogP contribution in [0.4, 0.5) is 0 Å². The van der Waals surface area contributed by atoms with E-state index in [1.165, 1.54) is 0 Å². The molecule has 1 rings (SSSR count). The highest BCUT2D eigenvalue weighted by Gasteiger charge is 2.16. The van der Waals surface area contributed by atoms with Gasteiger partial charge in [0.2, 0.25) is 0 Å². The standard InChI is InChI=1S/C14H15NO3/c1-3-18-14(17)12(9-15)13(16)8-11-6-4-10(2)5-7-11/h4-7,16H,3,8H2,1-2H3/b13-12+. The van der Waals surface area contributed by atoms with Crippen molar-refractivity contribution in [3.8, 4) is 6.07 Å². The molecule has 1 aromatic rings. The number of allylic oxidation sites excluding steroid dienone is 1. The molecule has 0 spiro atoms. The summed E-state index contributed by atoms with van der Waals surface area (Å²) in [5, 5.41) is 18.6. The quantitative estimate of drug-likeness (QED) is 0.383. The number of nitrogens with zero attached hydrogens (tertiary/aromatic N) is 1. The van der Waals surface area contributed by atoms with Crippen LogP contribution in [0.5, 0.6) is 0 Å². The zero-order valence-corrected chi connectivity index (χ0v) is 10.4. The second kappa shape index (κ2) is 6.45. The topological polar surface area (TPSA) is 70.3 Å². The summed E-state index contributed by atoms with van der Waals surface area (Å²) < 4.78 is 4.69. The molecule has 0 aliphatic carbocycles. The van der Waals surface area contributed by atoms with Crippen molar-refractivity contribution >= 4 is 5.97 Å². The average molecular weight is 245 g/mol. The first-order valence-corrected chi connectivity index (χ1v) is 5.63. The fourth-order valence-electron chi connectivity index (χ4n) is 1.42. The summed E-state index contributed by atoms with van der Waals surface area (Å²) in [6.07, 6.45) is 0.141. The van der Waals surface area contributed by atoms with Gasteiger partial charge < -0.3 is 9.84 Å². The summed E-state index contributed by atoms with van der Waals surface area (Å²) in [6.45, 7) is 3.77. The van der Waals surface area contributed by atoms with E-state index in [2.05, 4.69) is 0 Å². The smallest absolute Gasteiger partial charge is 0.352 e. The van der Waals surface area contributed by atoms with Crippen molar-refractivity contribution in [1.29, 1.82) is 5.26 Å². The molecule has 0 aliphatic rings. The number of nitriles is 1. The number of esters is 1. The fraction of sp³-hybridized carbons (Fsp3) is 0.286. The maximum absolute atomic E-state index is 11.4. The molecule has 0 aromatic heterocycles. The number of aliphatic hydroxyl groups excluding tert-OH is 1. The Balaban J connectivity index is 2.90. The van der Waals surface area contributed by atoms with Crippen LogP contribution in [0.3, 0.4) is 0 Å². The van der Waals surface area contributed by atoms with Crippen LogP contribution in [0.2, 0.25) is 0 Å². The molecule has 4 heteroatoms. The van der Waals surface area contributed by atoms with E-state index in [9.17, 15) is 9.90 Å². The van der Waals surface area contributed by atoms with Crippen molar-refractivity contribution < 1.29 is 14.6 Å². The molecule has 0 saturated heterocycles. The Morgan fingerprint density at radius 1 is 1.39 bits per heavy atom. The fourth-order valence-corrected chi connectivity index (χ4v) is 1.42. The largest absolute Gasteiger partial charge is 0.510 e. The minimum atomic E-state index is -0.787. The van der Waals surface area contributed by atoms with E-state index >= 15 is 0 Å². The zero-order chi connectivity index (χ0) is 13.5. The summed E-state index contributed by atoms with van der Waals surface area (Å²) in [7, 11) is 0. The number of aryl methyl sites for hydroxylation is 1. The first-order chi connectivity index (χ1) is 8.58. The monoisotopic (exact) mass is 245 g/mol. The molecular weight excluding hydrogens is 230 g/mol. The van der Waals surface area contributed by atoms with Gasteiger partial charge in [-0.2, -0.15) is 5.26 Å². The Labute approximate surface area is 106 Å². The van der Waals surface area contributed by atoms with Gasteiger partial charge in [-0.25, -0.2) is 4.79 Å². The molecule has 4 nitrogen and oxygen atoms in total. The number of ether oxygens (including phenoxy) is 1. The molecular formula is C14H15NO3. The molecule has 94 valence electrons. The predicted molar refractivity (Wildman–Crippen MR) is 66.8 cm³/mol. The van der Waals surface area contributed by atoms with Crippen molar-refractivity contribution in [1.82, 2.24) is 0 Å². The molecule has 0 radical (unpaired) electrons. The van der Waals surface area contributed by atoms with Crippen LogP contribution in [0, 0.1) is 18.3 Å². The summed E-state index contributed by atoms with van der Waals surface area (Å²) >= 11 is 0. The molecule has 0 unspecified atom stereocenters. The minimum Gasteiger partial charge on any atom is -0.510 e. The van der Waals surface area contributed by atoms with Gasteiger partial charge in [0.25, 0.3) is 0 Å². The van der Waals surface area contributed by atoms with Crippen molar-refractivity contribution in [2.24, 2.45) is 0 Å². The average Bonchev–Trinajstić information content (AvgIpc) is 2.33. The molecule has 1 aromatic carbocycles. The Kier molecular flexibility index (Phi) is 4.94. The van der Waals surface area contributed by atoms with E-state index in [0.29, 0.717) is 0 Å². The van der Waals surface area contributed by atoms with Gasteiger partial charge in [-0.05, 0) is 19.4 Å². The van der Waals surface area contributed by atoms with E-state index in [0.717, 1.165) is 11.1 Å². The Morgan fingerprint density at radius 3 is 2.50 bits per heavy atom. The molecule has 1 N–H and O–H groups in total. The van der Waals surface area contributed by atoms with Gasteiger partial charge in [0, 0.05) is 6.42 Å². The first-order valence-electron chi connectivity index (χ1n) is 5.63. The highest BCUT2D eigenvalue weighted by atomic mass is 16.5. The number of hydrogen-bond donors (Lipinski definition) is 1. The summed E-state index contributed by atoms with van der Waals surface area (Å²) in [6, 6.07) is 9.15. The SMILES string of the molecule is CCOC(=O)/C(C#N)=C(/O)Cc1ccc(C)cc1. The molecule has 0 aliphatic heterocycles. The lowest BCUT2D eigenvalue weighted by Gasteiger charge is -2.05. The van der Waals surface area contributed by atoms with Crippen LogP contribution in [0.1, 0.15) is 18.1 Å². The Bertz CT molecular complexity index is 495. The van der Waals surface area contributed by atoms with Gasteiger partial charge in [0.1, 0.15) is 11.8 Å². The van der Waals surface area contributed by atoms with Crippen LogP contribution in [-0.2, 0) is 16.0 Å². The van der Waals surface area contributed by atoms with E-state index < -0.39 is 5.97 Å². The third kappa shape index (κ3) is 3.63. The predicted octanol–water partition coefficient (Wildman–Crippen LogP) is 2.44. The molecule has 0 bridgehead atoms. The molecule has 0 fully saturated rings. The van der Waals surface area contributed by atoms with E-state index in [1.54, 1.807) is 13.0 Å². The minimum absolute atomic E-state index is 0.141. The van der Waals surface area contributed by atoms with Crippen molar-refractivity contribution in [3.05, 3.63) is 46.7 Å². The Hall–Kier alpha value is -2.28. The van der Waals surface area contributed by atoms with E-state index in [4.69, 9.17) is 10.00 Å². The number of rotatable bonds is 4. The zero-order valence-electron chi connectivity index (χ0n) is 10.4. The second-order valence-electron chi connectivity index (χ2n) is 3.82. The van der Waals surface area contributed by atoms with Crippen molar-refractivity contribution in [3.63, 3.8) is 0 Å². The number of benzene rings is 1. The third-order valence-corrected chi connectivity index (χ3v) is 2.37. The highest BCUT2D eigenvalue weighted by Crippen LogP contribution is 2.12. The summed E-state index contributed by atoms with van der Waals surface area (Å²) in [5.41, 5.74) is 1.60. The molecule has 0 saturated carbocycles. The number of carbonyl (C=O) groups is 1. The van der Waals surface area contributed by atoms with Crippen LogP contribution in [-0.4, -0.2) is 17.7 Å². The molecule has 0 atom stereocenters. The number of carbonyl (C=O) groups excluding carboxylic acids is 1. The second-order valence-corrected chi connectivity index (χ2v) is 3.82. The number of hydrogen-bond acceptors (Lipinski definition) is 4. The molecule has 0 heterocycles. The van der Waals surface area contributed by atoms with E-state index in [-0.39, 0.29) is 24.4 Å². The first kappa shape index (κ1) is 13.8. The lowest BCUT2D eigenvalue weighted by atomic mass is 10.1. The van der Waals surface area contributed by atoms with Crippen molar-refractivity contribution in [2.75, 3.05) is 6.61 Å². The Morgan fingerprint density at radius 2 is 2.00 bits per heavy atom. The van der Waals surface area contributed by atoms with Gasteiger partial charge in [-0.15, -0.1) is 0 Å². The molecule has 18 heavy (non-hydrogen) atoms. The van der Waals surface area contributed by atoms with Gasteiger partial charge in [-0.1, -0.05) is 29.8 Å². The lowest BCUT2D eigenvalue weighted by molar-refractivity contribution is -0.138. The van der Waals surface area contributed by atoms with Gasteiger partial charge in [-0.3, -0.25) is 0 Å². The maximum atomic E-state index is 11.4. The lowest BCUT2D eigenvalue weighted by Crippen LogP contribution is -2.10. The molecule has 0 amide bonds. The van der Waals surface area contributed by atoms with E-state index in [1.807, 2.05) is 31.2 Å². The van der Waals surface area contributed by atoms with Gasteiger partial charge in [0.15, 0.2) is 5.57 Å². The van der Waals surface area contributed by atoms with Gasteiger partial charge in [0.05, 0.1) is 6.61 Å². The number of aliphatic hydroxyl groups is 1. The normalized spacial score (nSPS) is 11.4. The van der Waals surface area contributed by atoms with Crippen molar-refractivity contribution in [2.45, 2.75) is 20.3 Å². The van der Waals surface area contributed by atoms with Crippen LogP contribution < -0.4 is 0 Å². The maximum Gasteiger partial charge on any atom is 0.352 e. The van der Waals surface area contributed by atoms with Gasteiger partial charge >= 0.3 is 5.97 Å². The third-order valence-electron chi connectivity index (χ3n) is 2.37. The van der Waals surface area contributed by atoms with Crippen LogP contribution >= 0.6 is 0 Å². The van der Waals surface area contributed by atoms with Crippen LogP contribution in [0.15, 0.2) is 35.6 Å².